The molecule has 3 rings (SSSR count). The number of halogens is 2. The van der Waals surface area contributed by atoms with Gasteiger partial charge in [-0.05, 0) is 25.0 Å². The zero-order valence-corrected chi connectivity index (χ0v) is 10.5. The van der Waals surface area contributed by atoms with Crippen LogP contribution in [-0.4, -0.2) is 9.97 Å². The van der Waals surface area contributed by atoms with Gasteiger partial charge in [-0.15, -0.1) is 0 Å². The van der Waals surface area contributed by atoms with Gasteiger partial charge in [0, 0.05) is 12.0 Å². The van der Waals surface area contributed by atoms with Crippen LogP contribution in [0.1, 0.15) is 24.6 Å². The molecule has 2 aromatic rings. The number of hydrogen-bond donors (Lipinski definition) is 3. The fourth-order valence-corrected chi connectivity index (χ4v) is 1.87. The summed E-state index contributed by atoms with van der Waals surface area (Å²) < 4.78 is 27.2. The van der Waals surface area contributed by atoms with E-state index in [4.69, 9.17) is 5.84 Å². The van der Waals surface area contributed by atoms with E-state index in [1.54, 1.807) is 0 Å². The molecule has 0 radical (unpaired) electrons. The topological polar surface area (TPSA) is 75.9 Å². The van der Waals surface area contributed by atoms with Crippen LogP contribution in [0.15, 0.2) is 24.3 Å². The van der Waals surface area contributed by atoms with Gasteiger partial charge in [-0.1, -0.05) is 6.07 Å². The number of rotatable bonds is 4. The summed E-state index contributed by atoms with van der Waals surface area (Å²) in [4.78, 5) is 8.50. The van der Waals surface area contributed by atoms with Crippen LogP contribution < -0.4 is 16.6 Å². The highest BCUT2D eigenvalue weighted by Crippen LogP contribution is 2.39. The molecule has 5 nitrogen and oxygen atoms in total. The molecule has 0 atom stereocenters. The Kier molecular flexibility index (Phi) is 3.19. The second-order valence-corrected chi connectivity index (χ2v) is 4.64. The maximum Gasteiger partial charge on any atom is 0.149 e. The highest BCUT2D eigenvalue weighted by molar-refractivity contribution is 5.60. The predicted molar refractivity (Wildman–Crippen MR) is 71.5 cm³/mol. The Morgan fingerprint density at radius 1 is 1.10 bits per heavy atom. The van der Waals surface area contributed by atoms with Gasteiger partial charge in [0.05, 0.1) is 0 Å². The fourth-order valence-electron chi connectivity index (χ4n) is 1.87. The Morgan fingerprint density at radius 2 is 1.75 bits per heavy atom. The second-order valence-electron chi connectivity index (χ2n) is 4.64. The molecule has 0 amide bonds. The smallest absolute Gasteiger partial charge is 0.149 e. The molecule has 0 aliphatic heterocycles. The summed E-state index contributed by atoms with van der Waals surface area (Å²) in [6, 6.07) is 5.16. The van der Waals surface area contributed by atoms with E-state index < -0.39 is 11.6 Å². The quantitative estimate of drug-likeness (QED) is 0.591. The third-order valence-corrected chi connectivity index (χ3v) is 3.05. The minimum absolute atomic E-state index is 0.240. The highest BCUT2D eigenvalue weighted by atomic mass is 19.1. The molecule has 1 aromatic heterocycles. The van der Waals surface area contributed by atoms with E-state index in [-0.39, 0.29) is 5.69 Å². The molecule has 0 bridgehead atoms. The van der Waals surface area contributed by atoms with Gasteiger partial charge in [-0.3, -0.25) is 0 Å². The molecule has 1 heterocycles. The molecular formula is C13H13F2N5. The number of hydrogen-bond acceptors (Lipinski definition) is 5. The van der Waals surface area contributed by atoms with Crippen molar-refractivity contribution < 1.29 is 8.78 Å². The Morgan fingerprint density at radius 3 is 2.35 bits per heavy atom. The maximum absolute atomic E-state index is 13.6. The average molecular weight is 277 g/mol. The first-order chi connectivity index (χ1) is 9.67. The molecule has 104 valence electrons. The number of hydrazine groups is 1. The van der Waals surface area contributed by atoms with E-state index >= 15 is 0 Å². The van der Waals surface area contributed by atoms with Crippen molar-refractivity contribution >= 4 is 17.3 Å². The van der Waals surface area contributed by atoms with Gasteiger partial charge in [-0.2, -0.15) is 0 Å². The lowest BCUT2D eigenvalue weighted by molar-refractivity contribution is 0.590. The Balaban J connectivity index is 1.95. The Bertz CT molecular complexity index is 622. The first-order valence-corrected chi connectivity index (χ1v) is 6.24. The van der Waals surface area contributed by atoms with Gasteiger partial charge < -0.3 is 10.7 Å². The number of para-hydroxylation sites is 1. The van der Waals surface area contributed by atoms with Crippen molar-refractivity contribution in [3.05, 3.63) is 41.7 Å². The van der Waals surface area contributed by atoms with Crippen LogP contribution in [-0.2, 0) is 0 Å². The summed E-state index contributed by atoms with van der Waals surface area (Å²) >= 11 is 0. The van der Waals surface area contributed by atoms with Crippen LogP contribution in [0, 0.1) is 11.6 Å². The predicted octanol–water partition coefficient (Wildman–Crippen LogP) is 2.66. The number of benzene rings is 1. The van der Waals surface area contributed by atoms with E-state index in [0.717, 1.165) is 12.8 Å². The van der Waals surface area contributed by atoms with E-state index in [1.807, 2.05) is 0 Å². The minimum atomic E-state index is -0.682. The third-order valence-electron chi connectivity index (χ3n) is 3.05. The third kappa shape index (κ3) is 2.53. The van der Waals surface area contributed by atoms with Crippen molar-refractivity contribution in [1.29, 1.82) is 0 Å². The number of nitrogens with zero attached hydrogens (tertiary/aromatic N) is 2. The van der Waals surface area contributed by atoms with Crippen LogP contribution in [0.25, 0.3) is 0 Å². The number of nitrogen functional groups attached to an aromatic ring is 1. The molecule has 20 heavy (non-hydrogen) atoms. The summed E-state index contributed by atoms with van der Waals surface area (Å²) in [5, 5.41) is 2.64. The Hall–Kier alpha value is -2.28. The summed E-state index contributed by atoms with van der Waals surface area (Å²) in [5.41, 5.74) is 2.19. The van der Waals surface area contributed by atoms with Gasteiger partial charge in [0.2, 0.25) is 0 Å². The lowest BCUT2D eigenvalue weighted by Crippen LogP contribution is -2.11. The van der Waals surface area contributed by atoms with Crippen LogP contribution in [0.3, 0.4) is 0 Å². The van der Waals surface area contributed by atoms with Crippen LogP contribution in [0.4, 0.5) is 26.1 Å². The van der Waals surface area contributed by atoms with Crippen molar-refractivity contribution in [2.75, 3.05) is 10.7 Å². The zero-order valence-electron chi connectivity index (χ0n) is 10.5. The second kappa shape index (κ2) is 5.01. The molecule has 0 saturated heterocycles. The number of anilines is 3. The van der Waals surface area contributed by atoms with Crippen molar-refractivity contribution in [2.45, 2.75) is 18.8 Å². The van der Waals surface area contributed by atoms with Crippen molar-refractivity contribution in [3.63, 3.8) is 0 Å². The molecule has 1 saturated carbocycles. The van der Waals surface area contributed by atoms with Gasteiger partial charge in [-0.25, -0.2) is 24.6 Å². The highest BCUT2D eigenvalue weighted by Gasteiger charge is 2.27. The molecule has 0 spiro atoms. The number of nitrogens with one attached hydrogen (secondary N) is 2. The van der Waals surface area contributed by atoms with Crippen molar-refractivity contribution in [3.8, 4) is 0 Å². The monoisotopic (exact) mass is 277 g/mol. The number of aromatic nitrogens is 2. The summed E-state index contributed by atoms with van der Waals surface area (Å²) in [6.07, 6.45) is 2.03. The lowest BCUT2D eigenvalue weighted by atomic mass is 10.3. The zero-order chi connectivity index (χ0) is 14.1. The van der Waals surface area contributed by atoms with Gasteiger partial charge in [0.25, 0.3) is 0 Å². The molecular weight excluding hydrogens is 264 g/mol. The standard InChI is InChI=1S/C13H13F2N5/c14-8-2-1-3-9(15)12(8)17-10-6-11(20-16)19-13(18-10)7-4-5-7/h1-3,6-7H,4-5,16H2,(H2,17,18,19,20). The van der Waals surface area contributed by atoms with Crippen molar-refractivity contribution in [2.24, 2.45) is 5.84 Å². The molecule has 7 heteroatoms. The van der Waals surface area contributed by atoms with Gasteiger partial charge >= 0.3 is 0 Å². The summed E-state index contributed by atoms with van der Waals surface area (Å²) in [7, 11) is 0. The van der Waals surface area contributed by atoms with Gasteiger partial charge in [0.15, 0.2) is 0 Å². The molecule has 4 N–H and O–H groups in total. The fraction of sp³-hybridized carbons (Fsp3) is 0.231. The average Bonchev–Trinajstić information content (AvgIpc) is 3.27. The maximum atomic E-state index is 13.6. The van der Waals surface area contributed by atoms with Gasteiger partial charge in [0.1, 0.15) is 34.8 Å². The van der Waals surface area contributed by atoms with E-state index in [9.17, 15) is 8.78 Å². The SMILES string of the molecule is NNc1cc(Nc2c(F)cccc2F)nc(C2CC2)n1. The summed E-state index contributed by atoms with van der Waals surface area (Å²) in [6.45, 7) is 0. The van der Waals surface area contributed by atoms with Crippen LogP contribution in [0.5, 0.6) is 0 Å². The van der Waals surface area contributed by atoms with E-state index in [0.29, 0.717) is 23.4 Å². The lowest BCUT2D eigenvalue weighted by Gasteiger charge is -2.10. The molecule has 1 fully saturated rings. The summed E-state index contributed by atoms with van der Waals surface area (Å²) in [5.74, 6) is 5.62. The molecule has 0 unspecified atom stereocenters. The molecule has 1 aliphatic rings. The first kappa shape index (κ1) is 12.7. The normalized spacial score (nSPS) is 14.2. The van der Waals surface area contributed by atoms with E-state index in [1.165, 1.54) is 24.3 Å². The van der Waals surface area contributed by atoms with Crippen molar-refractivity contribution in [1.82, 2.24) is 9.97 Å². The first-order valence-electron chi connectivity index (χ1n) is 6.24. The van der Waals surface area contributed by atoms with E-state index in [2.05, 4.69) is 20.7 Å². The van der Waals surface area contributed by atoms with Crippen LogP contribution >= 0.6 is 0 Å². The van der Waals surface area contributed by atoms with Crippen LogP contribution in [0.2, 0.25) is 0 Å². The molecule has 1 aliphatic carbocycles. The number of nitrogens with two attached hydrogens (primary N) is 1. The Labute approximate surface area is 114 Å². The minimum Gasteiger partial charge on any atom is -0.335 e. The largest absolute Gasteiger partial charge is 0.335 e. The molecule has 1 aromatic carbocycles.